The highest BCUT2D eigenvalue weighted by molar-refractivity contribution is 5.82. The van der Waals surface area contributed by atoms with Crippen molar-refractivity contribution in [3.63, 3.8) is 0 Å². The molecule has 0 bridgehead atoms. The number of ether oxygens (including phenoxy) is 1. The maximum absolute atomic E-state index is 11.8. The first-order valence-electron chi connectivity index (χ1n) is 8.55. The lowest BCUT2D eigenvalue weighted by Crippen LogP contribution is -2.84. The second kappa shape index (κ2) is 6.85. The van der Waals surface area contributed by atoms with Gasteiger partial charge in [-0.3, -0.25) is 0 Å². The van der Waals surface area contributed by atoms with Gasteiger partial charge in [0.2, 0.25) is 0 Å². The average Bonchev–Trinajstić information content (AvgIpc) is 2.99. The van der Waals surface area contributed by atoms with Crippen molar-refractivity contribution in [2.24, 2.45) is 0 Å². The van der Waals surface area contributed by atoms with Gasteiger partial charge in [-0.25, -0.2) is 4.79 Å². The van der Waals surface area contributed by atoms with Crippen LogP contribution in [0.25, 0.3) is 11.0 Å². The smallest absolute Gasteiger partial charge is 0.336 e. The molecule has 23 heavy (non-hydrogen) atoms. The number of nitrogens with two attached hydrogens (primary N) is 1. The standard InChI is InChI=1S/C19H25NO3/c1-12(2)16-9-17-14(10-20-11-15-5-4-6-22-15)8-19(21)23-18(17)7-13(16)3/h7-9,12,15,20H,4-6,10-11H2,1-3H3/p+1/t15-/m1/s1. The maximum atomic E-state index is 11.8. The van der Waals surface area contributed by atoms with Crippen LogP contribution in [0.2, 0.25) is 0 Å². The largest absolute Gasteiger partial charge is 0.423 e. The number of hydrogen-bond donors (Lipinski definition) is 1. The quantitative estimate of drug-likeness (QED) is 0.862. The van der Waals surface area contributed by atoms with Crippen molar-refractivity contribution in [3.05, 3.63) is 45.3 Å². The molecule has 2 heterocycles. The van der Waals surface area contributed by atoms with Crippen LogP contribution in [-0.4, -0.2) is 19.3 Å². The Labute approximate surface area is 136 Å². The molecule has 4 nitrogen and oxygen atoms in total. The average molecular weight is 316 g/mol. The highest BCUT2D eigenvalue weighted by atomic mass is 16.5. The SMILES string of the molecule is Cc1cc2oc(=O)cc(C[NH2+]C[C@H]3CCCO3)c2cc1C(C)C. The molecule has 3 rings (SSSR count). The Bertz CT molecular complexity index is 742. The van der Waals surface area contributed by atoms with Crippen LogP contribution in [0, 0.1) is 6.92 Å². The molecular formula is C19H26NO3+. The van der Waals surface area contributed by atoms with Crippen molar-refractivity contribution in [2.75, 3.05) is 13.2 Å². The van der Waals surface area contributed by atoms with Crippen LogP contribution in [0.1, 0.15) is 49.3 Å². The third kappa shape index (κ3) is 3.65. The number of rotatable bonds is 5. The molecule has 1 aliphatic rings. The molecular weight excluding hydrogens is 290 g/mol. The molecule has 124 valence electrons. The Morgan fingerprint density at radius 2 is 2.13 bits per heavy atom. The molecule has 1 atom stereocenters. The summed E-state index contributed by atoms with van der Waals surface area (Å²) < 4.78 is 11.1. The van der Waals surface area contributed by atoms with Crippen molar-refractivity contribution in [2.45, 2.75) is 52.2 Å². The lowest BCUT2D eigenvalue weighted by Gasteiger charge is -2.13. The first-order chi connectivity index (χ1) is 11.0. The van der Waals surface area contributed by atoms with Crippen LogP contribution in [0.4, 0.5) is 0 Å². The molecule has 2 N–H and O–H groups in total. The highest BCUT2D eigenvalue weighted by Crippen LogP contribution is 2.26. The first-order valence-corrected chi connectivity index (χ1v) is 8.55. The Kier molecular flexibility index (Phi) is 4.83. The lowest BCUT2D eigenvalue weighted by atomic mass is 9.95. The van der Waals surface area contributed by atoms with E-state index in [0.717, 1.165) is 43.5 Å². The van der Waals surface area contributed by atoms with E-state index in [4.69, 9.17) is 9.15 Å². The molecule has 1 aliphatic heterocycles. The van der Waals surface area contributed by atoms with Crippen LogP contribution >= 0.6 is 0 Å². The summed E-state index contributed by atoms with van der Waals surface area (Å²) in [4.78, 5) is 11.8. The van der Waals surface area contributed by atoms with Crippen molar-refractivity contribution in [1.29, 1.82) is 0 Å². The van der Waals surface area contributed by atoms with E-state index in [1.165, 1.54) is 11.1 Å². The van der Waals surface area contributed by atoms with Crippen molar-refractivity contribution in [3.8, 4) is 0 Å². The number of aryl methyl sites for hydroxylation is 1. The minimum absolute atomic E-state index is 0.269. The van der Waals surface area contributed by atoms with Gasteiger partial charge in [0, 0.05) is 23.6 Å². The van der Waals surface area contributed by atoms with Crippen molar-refractivity contribution in [1.82, 2.24) is 0 Å². The van der Waals surface area contributed by atoms with Gasteiger partial charge in [0.15, 0.2) is 0 Å². The first kappa shape index (κ1) is 16.2. The van der Waals surface area contributed by atoms with E-state index in [1.54, 1.807) is 6.07 Å². The van der Waals surface area contributed by atoms with E-state index >= 15 is 0 Å². The van der Waals surface area contributed by atoms with Crippen LogP contribution in [-0.2, 0) is 11.3 Å². The van der Waals surface area contributed by atoms with Gasteiger partial charge in [-0.05, 0) is 48.9 Å². The summed E-state index contributed by atoms with van der Waals surface area (Å²) in [6.07, 6.45) is 2.66. The van der Waals surface area contributed by atoms with Gasteiger partial charge in [-0.2, -0.15) is 0 Å². The van der Waals surface area contributed by atoms with Gasteiger partial charge in [0.05, 0.1) is 0 Å². The minimum Gasteiger partial charge on any atom is -0.423 e. The molecule has 0 saturated carbocycles. The van der Waals surface area contributed by atoms with Gasteiger partial charge in [0.1, 0.15) is 24.8 Å². The monoisotopic (exact) mass is 316 g/mol. The van der Waals surface area contributed by atoms with Gasteiger partial charge in [0.25, 0.3) is 0 Å². The summed E-state index contributed by atoms with van der Waals surface area (Å²) in [5.74, 6) is 0.454. The summed E-state index contributed by atoms with van der Waals surface area (Å²) in [5.41, 5.74) is 3.97. The molecule has 0 unspecified atom stereocenters. The molecule has 0 amide bonds. The van der Waals surface area contributed by atoms with Gasteiger partial charge < -0.3 is 14.5 Å². The molecule has 0 spiro atoms. The normalized spacial score (nSPS) is 18.2. The van der Waals surface area contributed by atoms with E-state index in [0.29, 0.717) is 17.6 Å². The Morgan fingerprint density at radius 1 is 1.30 bits per heavy atom. The fraction of sp³-hybridized carbons (Fsp3) is 0.526. The van der Waals surface area contributed by atoms with Crippen molar-refractivity contribution < 1.29 is 14.5 Å². The third-order valence-corrected chi connectivity index (χ3v) is 4.66. The van der Waals surface area contributed by atoms with Crippen molar-refractivity contribution >= 4 is 11.0 Å². The third-order valence-electron chi connectivity index (χ3n) is 4.66. The summed E-state index contributed by atoms with van der Waals surface area (Å²) in [5, 5.41) is 3.29. The Morgan fingerprint density at radius 3 is 2.83 bits per heavy atom. The molecule has 1 fully saturated rings. The summed E-state index contributed by atoms with van der Waals surface area (Å²) in [6, 6.07) is 5.82. The molecule has 1 aromatic heterocycles. The van der Waals surface area contributed by atoms with E-state index in [9.17, 15) is 4.79 Å². The zero-order valence-electron chi connectivity index (χ0n) is 14.2. The topological polar surface area (TPSA) is 56.0 Å². The Hall–Kier alpha value is -1.65. The van der Waals surface area contributed by atoms with E-state index < -0.39 is 0 Å². The summed E-state index contributed by atoms with van der Waals surface area (Å²) in [7, 11) is 0. The van der Waals surface area contributed by atoms with Crippen LogP contribution in [0.5, 0.6) is 0 Å². The maximum Gasteiger partial charge on any atom is 0.336 e. The summed E-state index contributed by atoms with van der Waals surface area (Å²) in [6.45, 7) is 9.07. The van der Waals surface area contributed by atoms with Crippen LogP contribution < -0.4 is 10.9 Å². The zero-order chi connectivity index (χ0) is 16.4. The zero-order valence-corrected chi connectivity index (χ0v) is 14.2. The molecule has 0 radical (unpaired) electrons. The van der Waals surface area contributed by atoms with Gasteiger partial charge in [-0.1, -0.05) is 13.8 Å². The minimum atomic E-state index is -0.269. The number of fused-ring (bicyclic) bond motifs is 1. The lowest BCUT2D eigenvalue weighted by molar-refractivity contribution is -0.676. The van der Waals surface area contributed by atoms with Gasteiger partial charge >= 0.3 is 5.63 Å². The number of quaternary nitrogens is 1. The van der Waals surface area contributed by atoms with E-state index in [1.807, 2.05) is 6.07 Å². The predicted octanol–water partition coefficient (Wildman–Crippen LogP) is 2.47. The number of hydrogen-bond acceptors (Lipinski definition) is 3. The van der Waals surface area contributed by atoms with Gasteiger partial charge in [-0.15, -0.1) is 0 Å². The predicted molar refractivity (Wildman–Crippen MR) is 90.8 cm³/mol. The molecule has 4 heteroatoms. The fourth-order valence-electron chi connectivity index (χ4n) is 3.44. The van der Waals surface area contributed by atoms with Crippen LogP contribution in [0.15, 0.2) is 27.4 Å². The molecule has 2 aromatic rings. The molecule has 0 aliphatic carbocycles. The number of benzene rings is 1. The van der Waals surface area contributed by atoms with E-state index in [2.05, 4.69) is 32.2 Å². The molecule has 1 aromatic carbocycles. The highest BCUT2D eigenvalue weighted by Gasteiger charge is 2.17. The summed E-state index contributed by atoms with van der Waals surface area (Å²) >= 11 is 0. The second-order valence-electron chi connectivity index (χ2n) is 6.81. The fourth-order valence-corrected chi connectivity index (χ4v) is 3.44. The second-order valence-corrected chi connectivity index (χ2v) is 6.81. The van der Waals surface area contributed by atoms with Crippen LogP contribution in [0.3, 0.4) is 0 Å². The van der Waals surface area contributed by atoms with E-state index in [-0.39, 0.29) is 5.63 Å². The molecule has 1 saturated heterocycles. The Balaban J connectivity index is 1.88.